The third-order valence-corrected chi connectivity index (χ3v) is 3.06. The summed E-state index contributed by atoms with van der Waals surface area (Å²) in [5, 5.41) is 2.15. The molecule has 22 heavy (non-hydrogen) atoms. The van der Waals surface area contributed by atoms with Crippen LogP contribution in [0.5, 0.6) is 11.5 Å². The minimum atomic E-state index is -0.519. The van der Waals surface area contributed by atoms with E-state index in [1.165, 1.54) is 0 Å². The minimum absolute atomic E-state index is 0.165. The standard InChI is InChI=1S/C16H19N3O3/c1-21-15-8-12(5-6-14(15)22-11-16(17)20)9-18-10-13-4-2-3-7-19-13/h2-8,18H,9-11H2,1H3,(H2,17,20)/p+1. The first-order chi connectivity index (χ1) is 10.7. The monoisotopic (exact) mass is 302 g/mol. The Hall–Kier alpha value is -2.60. The summed E-state index contributed by atoms with van der Waals surface area (Å²) < 4.78 is 10.6. The molecule has 0 saturated carbocycles. The van der Waals surface area contributed by atoms with Crippen molar-refractivity contribution in [3.05, 3.63) is 53.9 Å². The number of carbonyl (C=O) groups excluding carboxylic acids is 1. The minimum Gasteiger partial charge on any atom is -0.493 e. The van der Waals surface area contributed by atoms with Crippen LogP contribution in [0.2, 0.25) is 0 Å². The third kappa shape index (κ3) is 4.75. The van der Waals surface area contributed by atoms with Crippen molar-refractivity contribution in [3.63, 3.8) is 0 Å². The Labute approximate surface area is 129 Å². The summed E-state index contributed by atoms with van der Waals surface area (Å²) >= 11 is 0. The highest BCUT2D eigenvalue weighted by Gasteiger charge is 2.08. The summed E-state index contributed by atoms with van der Waals surface area (Å²) in [4.78, 5) is 15.0. The Bertz CT molecular complexity index is 617. The van der Waals surface area contributed by atoms with Crippen LogP contribution in [-0.4, -0.2) is 24.6 Å². The number of quaternary nitrogens is 1. The first-order valence-corrected chi connectivity index (χ1v) is 6.98. The van der Waals surface area contributed by atoms with Gasteiger partial charge in [0.2, 0.25) is 0 Å². The third-order valence-electron chi connectivity index (χ3n) is 3.06. The lowest BCUT2D eigenvalue weighted by Gasteiger charge is -2.10. The van der Waals surface area contributed by atoms with Gasteiger partial charge in [-0.15, -0.1) is 0 Å². The van der Waals surface area contributed by atoms with Crippen molar-refractivity contribution in [1.29, 1.82) is 0 Å². The Morgan fingerprint density at radius 2 is 2.09 bits per heavy atom. The van der Waals surface area contributed by atoms with Gasteiger partial charge in [-0.2, -0.15) is 0 Å². The molecule has 4 N–H and O–H groups in total. The van der Waals surface area contributed by atoms with Crippen LogP contribution in [0, 0.1) is 0 Å². The number of nitrogens with two attached hydrogens (primary N) is 2. The Kier molecular flexibility index (Phi) is 5.73. The van der Waals surface area contributed by atoms with Gasteiger partial charge in [-0.1, -0.05) is 6.07 Å². The number of nitrogens with zero attached hydrogens (tertiary/aromatic N) is 1. The van der Waals surface area contributed by atoms with Crippen molar-refractivity contribution in [1.82, 2.24) is 4.98 Å². The number of hydrogen-bond donors (Lipinski definition) is 2. The highest BCUT2D eigenvalue weighted by molar-refractivity contribution is 5.75. The van der Waals surface area contributed by atoms with Crippen molar-refractivity contribution in [2.75, 3.05) is 13.7 Å². The molecule has 0 bridgehead atoms. The van der Waals surface area contributed by atoms with Gasteiger partial charge < -0.3 is 20.5 Å². The fraction of sp³-hybridized carbons (Fsp3) is 0.250. The van der Waals surface area contributed by atoms with Gasteiger partial charge in [0.1, 0.15) is 13.1 Å². The van der Waals surface area contributed by atoms with E-state index in [2.05, 4.69) is 10.3 Å². The first-order valence-electron chi connectivity index (χ1n) is 6.98. The summed E-state index contributed by atoms with van der Waals surface area (Å²) in [5.74, 6) is 0.578. The molecule has 0 aliphatic heterocycles. The lowest BCUT2D eigenvalue weighted by molar-refractivity contribution is -0.686. The molecule has 0 radical (unpaired) electrons. The van der Waals surface area contributed by atoms with Crippen molar-refractivity contribution in [2.24, 2.45) is 5.73 Å². The van der Waals surface area contributed by atoms with Gasteiger partial charge in [0, 0.05) is 11.8 Å². The number of ether oxygens (including phenoxy) is 2. The van der Waals surface area contributed by atoms with Gasteiger partial charge >= 0.3 is 0 Å². The molecular formula is C16H20N3O3+. The average Bonchev–Trinajstić information content (AvgIpc) is 2.54. The van der Waals surface area contributed by atoms with E-state index < -0.39 is 5.91 Å². The zero-order valence-electron chi connectivity index (χ0n) is 12.5. The molecule has 0 aliphatic rings. The number of rotatable bonds is 8. The lowest BCUT2D eigenvalue weighted by Crippen LogP contribution is -2.80. The van der Waals surface area contributed by atoms with Crippen LogP contribution in [0.1, 0.15) is 11.3 Å². The van der Waals surface area contributed by atoms with E-state index in [4.69, 9.17) is 15.2 Å². The summed E-state index contributed by atoms with van der Waals surface area (Å²) in [6.07, 6.45) is 1.79. The normalized spacial score (nSPS) is 10.2. The number of primary amides is 1. The molecule has 1 amide bonds. The predicted octanol–water partition coefficient (Wildman–Crippen LogP) is 0.218. The van der Waals surface area contributed by atoms with Crippen molar-refractivity contribution in [3.8, 4) is 11.5 Å². The molecule has 0 fully saturated rings. The Balaban J connectivity index is 1.92. The maximum absolute atomic E-state index is 10.8. The number of amides is 1. The maximum Gasteiger partial charge on any atom is 0.255 e. The van der Waals surface area contributed by atoms with Crippen LogP contribution >= 0.6 is 0 Å². The van der Waals surface area contributed by atoms with E-state index in [9.17, 15) is 4.79 Å². The van der Waals surface area contributed by atoms with E-state index in [1.807, 2.05) is 30.3 Å². The number of hydrogen-bond acceptors (Lipinski definition) is 4. The van der Waals surface area contributed by atoms with Crippen molar-refractivity contribution >= 4 is 5.91 Å². The molecule has 0 aliphatic carbocycles. The van der Waals surface area contributed by atoms with Crippen LogP contribution in [0.3, 0.4) is 0 Å². The molecule has 1 aromatic carbocycles. The van der Waals surface area contributed by atoms with E-state index >= 15 is 0 Å². The summed E-state index contributed by atoms with van der Waals surface area (Å²) in [6.45, 7) is 1.44. The molecule has 116 valence electrons. The number of methoxy groups -OCH3 is 1. The molecule has 0 atom stereocenters. The summed E-state index contributed by atoms with van der Waals surface area (Å²) in [5.41, 5.74) is 7.20. The number of pyridine rings is 1. The molecule has 0 unspecified atom stereocenters. The van der Waals surface area contributed by atoms with Gasteiger partial charge in [-0.3, -0.25) is 9.78 Å². The Morgan fingerprint density at radius 3 is 2.77 bits per heavy atom. The lowest BCUT2D eigenvalue weighted by atomic mass is 10.2. The smallest absolute Gasteiger partial charge is 0.255 e. The fourth-order valence-electron chi connectivity index (χ4n) is 2.01. The Morgan fingerprint density at radius 1 is 1.23 bits per heavy atom. The highest BCUT2D eigenvalue weighted by Crippen LogP contribution is 2.27. The molecule has 2 rings (SSSR count). The second-order valence-corrected chi connectivity index (χ2v) is 4.76. The maximum atomic E-state index is 10.8. The quantitative estimate of drug-likeness (QED) is 0.729. The van der Waals surface area contributed by atoms with Crippen LogP contribution in [0.25, 0.3) is 0 Å². The molecule has 6 nitrogen and oxygen atoms in total. The second kappa shape index (κ2) is 7.99. The molecule has 2 aromatic rings. The van der Waals surface area contributed by atoms with E-state index in [0.29, 0.717) is 11.5 Å². The SMILES string of the molecule is COc1cc(C[NH2+]Cc2ccccn2)ccc1OCC(N)=O. The van der Waals surface area contributed by atoms with Gasteiger partial charge in [-0.25, -0.2) is 0 Å². The fourth-order valence-corrected chi connectivity index (χ4v) is 2.01. The molecule has 1 aromatic heterocycles. The highest BCUT2D eigenvalue weighted by atomic mass is 16.5. The van der Waals surface area contributed by atoms with Gasteiger partial charge in [0.25, 0.3) is 5.91 Å². The zero-order chi connectivity index (χ0) is 15.8. The number of benzene rings is 1. The number of carbonyl (C=O) groups is 1. The van der Waals surface area contributed by atoms with Crippen LogP contribution < -0.4 is 20.5 Å². The largest absolute Gasteiger partial charge is 0.493 e. The molecular weight excluding hydrogens is 282 g/mol. The van der Waals surface area contributed by atoms with Crippen LogP contribution in [0.4, 0.5) is 0 Å². The van der Waals surface area contributed by atoms with Crippen molar-refractivity contribution < 1.29 is 19.6 Å². The van der Waals surface area contributed by atoms with Crippen LogP contribution in [0.15, 0.2) is 42.6 Å². The van der Waals surface area contributed by atoms with Crippen molar-refractivity contribution in [2.45, 2.75) is 13.1 Å². The predicted molar refractivity (Wildman–Crippen MR) is 81.3 cm³/mol. The summed E-state index contributed by atoms with van der Waals surface area (Å²) in [7, 11) is 1.56. The molecule has 0 saturated heterocycles. The topological polar surface area (TPSA) is 91.1 Å². The second-order valence-electron chi connectivity index (χ2n) is 4.76. The van der Waals surface area contributed by atoms with Gasteiger partial charge in [0.15, 0.2) is 18.1 Å². The van der Waals surface area contributed by atoms with E-state index in [-0.39, 0.29) is 6.61 Å². The van der Waals surface area contributed by atoms with E-state index in [0.717, 1.165) is 24.3 Å². The van der Waals surface area contributed by atoms with E-state index in [1.54, 1.807) is 19.4 Å². The average molecular weight is 302 g/mol. The molecule has 6 heteroatoms. The first kappa shape index (κ1) is 15.8. The molecule has 0 spiro atoms. The van der Waals surface area contributed by atoms with Gasteiger partial charge in [0.05, 0.1) is 12.8 Å². The number of aromatic nitrogens is 1. The van der Waals surface area contributed by atoms with Crippen LogP contribution in [-0.2, 0) is 17.9 Å². The summed E-state index contributed by atoms with van der Waals surface area (Å²) in [6, 6.07) is 11.5. The van der Waals surface area contributed by atoms with Gasteiger partial charge in [-0.05, 0) is 30.3 Å². The molecule has 1 heterocycles. The zero-order valence-corrected chi connectivity index (χ0v) is 12.5.